The normalized spacial score (nSPS) is 23.2. The van der Waals surface area contributed by atoms with Gasteiger partial charge in [-0.05, 0) is 57.0 Å². The molecule has 1 aliphatic carbocycles. The van der Waals surface area contributed by atoms with Crippen molar-refractivity contribution in [3.8, 4) is 0 Å². The lowest BCUT2D eigenvalue weighted by molar-refractivity contribution is 0.220. The van der Waals surface area contributed by atoms with Gasteiger partial charge in [-0.25, -0.2) is 0 Å². The fraction of sp³-hybridized carbons (Fsp3) is 0.500. The molecule has 0 bridgehead atoms. The fourth-order valence-electron chi connectivity index (χ4n) is 2.88. The Kier molecular flexibility index (Phi) is 3.13. The molecular weight excluding hydrogens is 222 g/mol. The van der Waals surface area contributed by atoms with Crippen LogP contribution in [-0.2, 0) is 0 Å². The molecule has 3 rings (SSSR count). The molecular formula is C16H21NO. The summed E-state index contributed by atoms with van der Waals surface area (Å²) in [6.07, 6.45) is 2.60. The van der Waals surface area contributed by atoms with Crippen LogP contribution < -0.4 is 5.32 Å². The van der Waals surface area contributed by atoms with Gasteiger partial charge in [-0.2, -0.15) is 0 Å². The number of hydrogen-bond donors (Lipinski definition) is 1. The van der Waals surface area contributed by atoms with Crippen LogP contribution in [0.15, 0.2) is 28.7 Å². The second-order valence-electron chi connectivity index (χ2n) is 5.44. The molecule has 2 heteroatoms. The van der Waals surface area contributed by atoms with Crippen molar-refractivity contribution in [2.24, 2.45) is 5.92 Å². The summed E-state index contributed by atoms with van der Waals surface area (Å²) >= 11 is 0. The maximum Gasteiger partial charge on any atom is 0.134 e. The second-order valence-corrected chi connectivity index (χ2v) is 5.44. The van der Waals surface area contributed by atoms with Gasteiger partial charge in [0.05, 0.1) is 0 Å². The topological polar surface area (TPSA) is 25.2 Å². The highest BCUT2D eigenvalue weighted by molar-refractivity contribution is 5.78. The Balaban J connectivity index is 1.81. The van der Waals surface area contributed by atoms with Crippen molar-refractivity contribution in [1.29, 1.82) is 0 Å². The van der Waals surface area contributed by atoms with Crippen LogP contribution in [0, 0.1) is 12.8 Å². The van der Waals surface area contributed by atoms with Crippen molar-refractivity contribution in [3.05, 3.63) is 35.6 Å². The van der Waals surface area contributed by atoms with Crippen molar-refractivity contribution in [3.63, 3.8) is 0 Å². The SMILES string of the molecule is CCNCC1CCC1c1cc2cc(C)ccc2o1. The van der Waals surface area contributed by atoms with Crippen molar-refractivity contribution in [2.45, 2.75) is 32.6 Å². The van der Waals surface area contributed by atoms with E-state index >= 15 is 0 Å². The molecule has 2 aromatic rings. The van der Waals surface area contributed by atoms with Gasteiger partial charge < -0.3 is 9.73 Å². The minimum atomic E-state index is 0.622. The number of hydrogen-bond acceptors (Lipinski definition) is 2. The monoisotopic (exact) mass is 243 g/mol. The van der Waals surface area contributed by atoms with Crippen molar-refractivity contribution < 1.29 is 4.42 Å². The smallest absolute Gasteiger partial charge is 0.134 e. The fourth-order valence-corrected chi connectivity index (χ4v) is 2.88. The molecule has 1 aliphatic rings. The molecule has 2 unspecified atom stereocenters. The third-order valence-electron chi connectivity index (χ3n) is 4.13. The molecule has 2 nitrogen and oxygen atoms in total. The average Bonchev–Trinajstić information content (AvgIpc) is 2.70. The average molecular weight is 243 g/mol. The van der Waals surface area contributed by atoms with Gasteiger partial charge in [-0.15, -0.1) is 0 Å². The quantitative estimate of drug-likeness (QED) is 0.882. The van der Waals surface area contributed by atoms with Crippen molar-refractivity contribution >= 4 is 11.0 Å². The Morgan fingerprint density at radius 3 is 2.89 bits per heavy atom. The lowest BCUT2D eigenvalue weighted by Gasteiger charge is -2.35. The van der Waals surface area contributed by atoms with Crippen molar-refractivity contribution in [1.82, 2.24) is 5.32 Å². The highest BCUT2D eigenvalue weighted by Crippen LogP contribution is 2.43. The van der Waals surface area contributed by atoms with E-state index in [4.69, 9.17) is 4.42 Å². The van der Waals surface area contributed by atoms with Crippen molar-refractivity contribution in [2.75, 3.05) is 13.1 Å². The van der Waals surface area contributed by atoms with Crippen LogP contribution in [0.2, 0.25) is 0 Å². The van der Waals surface area contributed by atoms with Gasteiger partial charge >= 0.3 is 0 Å². The molecule has 1 N–H and O–H groups in total. The third kappa shape index (κ3) is 2.05. The summed E-state index contributed by atoms with van der Waals surface area (Å²) in [6, 6.07) is 8.66. The molecule has 0 spiro atoms. The summed E-state index contributed by atoms with van der Waals surface area (Å²) in [6.45, 7) is 6.47. The zero-order valence-corrected chi connectivity index (χ0v) is 11.2. The summed E-state index contributed by atoms with van der Waals surface area (Å²) in [7, 11) is 0. The molecule has 2 atom stereocenters. The lowest BCUT2D eigenvalue weighted by atomic mass is 9.72. The zero-order chi connectivity index (χ0) is 12.5. The molecule has 0 saturated heterocycles. The van der Waals surface area contributed by atoms with Crippen LogP contribution in [-0.4, -0.2) is 13.1 Å². The van der Waals surface area contributed by atoms with Crippen LogP contribution in [0.25, 0.3) is 11.0 Å². The third-order valence-corrected chi connectivity index (χ3v) is 4.13. The predicted molar refractivity (Wildman–Crippen MR) is 75.0 cm³/mol. The Labute approximate surface area is 108 Å². The minimum Gasteiger partial charge on any atom is -0.461 e. The van der Waals surface area contributed by atoms with Gasteiger partial charge in [0.25, 0.3) is 0 Å². The van der Waals surface area contributed by atoms with E-state index in [-0.39, 0.29) is 0 Å². The van der Waals surface area contributed by atoms with Crippen LogP contribution in [0.5, 0.6) is 0 Å². The molecule has 1 heterocycles. The first-order valence-corrected chi connectivity index (χ1v) is 6.98. The number of nitrogens with one attached hydrogen (secondary N) is 1. The van der Waals surface area contributed by atoms with Crippen LogP contribution in [0.3, 0.4) is 0 Å². The molecule has 0 aliphatic heterocycles. The molecule has 18 heavy (non-hydrogen) atoms. The van der Waals surface area contributed by atoms with Gasteiger partial charge in [-0.3, -0.25) is 0 Å². The van der Waals surface area contributed by atoms with E-state index in [1.54, 1.807) is 0 Å². The van der Waals surface area contributed by atoms with E-state index in [9.17, 15) is 0 Å². The largest absolute Gasteiger partial charge is 0.461 e. The van der Waals surface area contributed by atoms with E-state index in [0.717, 1.165) is 24.6 Å². The molecule has 0 amide bonds. The number of rotatable bonds is 4. The van der Waals surface area contributed by atoms with Gasteiger partial charge in [0.1, 0.15) is 11.3 Å². The standard InChI is InChI=1S/C16H21NO/c1-3-17-10-12-5-6-14(12)16-9-13-8-11(2)4-7-15(13)18-16/h4,7-9,12,14,17H,3,5-6,10H2,1-2H3. The lowest BCUT2D eigenvalue weighted by Crippen LogP contribution is -2.33. The van der Waals surface area contributed by atoms with E-state index in [0.29, 0.717) is 5.92 Å². The molecule has 1 saturated carbocycles. The predicted octanol–water partition coefficient (Wildman–Crippen LogP) is 3.84. The first-order valence-electron chi connectivity index (χ1n) is 6.98. The van der Waals surface area contributed by atoms with Crippen LogP contribution in [0.4, 0.5) is 0 Å². The Morgan fingerprint density at radius 1 is 1.28 bits per heavy atom. The molecule has 1 aromatic carbocycles. The van der Waals surface area contributed by atoms with E-state index < -0.39 is 0 Å². The maximum atomic E-state index is 6.01. The van der Waals surface area contributed by atoms with E-state index in [1.165, 1.54) is 29.6 Å². The molecule has 96 valence electrons. The molecule has 1 fully saturated rings. The number of fused-ring (bicyclic) bond motifs is 1. The van der Waals surface area contributed by atoms with Gasteiger partial charge in [-0.1, -0.05) is 18.6 Å². The van der Waals surface area contributed by atoms with Gasteiger partial charge in [0, 0.05) is 11.3 Å². The van der Waals surface area contributed by atoms with Crippen LogP contribution >= 0.6 is 0 Å². The Bertz CT molecular complexity index is 543. The Morgan fingerprint density at radius 2 is 2.17 bits per heavy atom. The van der Waals surface area contributed by atoms with E-state index in [2.05, 4.69) is 43.4 Å². The number of furan rings is 1. The van der Waals surface area contributed by atoms with E-state index in [1.807, 2.05) is 0 Å². The highest BCUT2D eigenvalue weighted by atomic mass is 16.3. The summed E-state index contributed by atoms with van der Waals surface area (Å²) in [5.74, 6) is 2.56. The summed E-state index contributed by atoms with van der Waals surface area (Å²) in [4.78, 5) is 0. The highest BCUT2D eigenvalue weighted by Gasteiger charge is 2.33. The summed E-state index contributed by atoms with van der Waals surface area (Å²) in [5, 5.41) is 4.70. The second kappa shape index (κ2) is 4.77. The first-order chi connectivity index (χ1) is 8.78. The molecule has 0 radical (unpaired) electrons. The van der Waals surface area contributed by atoms with Gasteiger partial charge in [0.15, 0.2) is 0 Å². The zero-order valence-electron chi connectivity index (χ0n) is 11.2. The summed E-state index contributed by atoms with van der Waals surface area (Å²) < 4.78 is 6.01. The van der Waals surface area contributed by atoms with Gasteiger partial charge in [0.2, 0.25) is 0 Å². The first kappa shape index (κ1) is 11.8. The van der Waals surface area contributed by atoms with Crippen LogP contribution in [0.1, 0.15) is 37.0 Å². The minimum absolute atomic E-state index is 0.622. The molecule has 1 aromatic heterocycles. The summed E-state index contributed by atoms with van der Waals surface area (Å²) in [5.41, 5.74) is 2.33. The number of aryl methyl sites for hydroxylation is 1. The Hall–Kier alpha value is -1.28. The maximum absolute atomic E-state index is 6.01. The number of benzene rings is 1.